The minimum atomic E-state index is -0.752. The number of hydrogen-bond donors (Lipinski definition) is 1. The minimum Gasteiger partial charge on any atom is -0.481 e. The number of carboxylic acids is 1. The molecule has 1 atom stereocenters. The molecule has 1 aliphatic rings. The van der Waals surface area contributed by atoms with E-state index >= 15 is 0 Å². The molecule has 0 bridgehead atoms. The summed E-state index contributed by atoms with van der Waals surface area (Å²) in [4.78, 5) is 27.3. The predicted octanol–water partition coefficient (Wildman–Crippen LogP) is 3.08. The fourth-order valence-corrected chi connectivity index (χ4v) is 3.74. The Morgan fingerprint density at radius 2 is 2.20 bits per heavy atom. The van der Waals surface area contributed by atoms with Crippen LogP contribution >= 0.6 is 11.3 Å². The molecule has 0 saturated carbocycles. The van der Waals surface area contributed by atoms with Crippen molar-refractivity contribution in [3.8, 4) is 0 Å². The summed E-state index contributed by atoms with van der Waals surface area (Å²) in [5.74, 6) is -0.325. The highest BCUT2D eigenvalue weighted by Gasteiger charge is 2.26. The first kappa shape index (κ1) is 15.0. The van der Waals surface area contributed by atoms with E-state index in [1.165, 1.54) is 0 Å². The third-order valence-electron chi connectivity index (χ3n) is 3.84. The zero-order valence-corrected chi connectivity index (χ0v) is 12.8. The number of aryl methyl sites for hydroxylation is 2. The molecule has 1 saturated heterocycles. The van der Waals surface area contributed by atoms with Crippen LogP contribution in [0.1, 0.15) is 45.8 Å². The van der Waals surface area contributed by atoms with Gasteiger partial charge in [0.2, 0.25) is 0 Å². The lowest BCUT2D eigenvalue weighted by Gasteiger charge is -2.32. The number of likely N-dealkylation sites (tertiary alicyclic amines) is 1. The third kappa shape index (κ3) is 3.60. The van der Waals surface area contributed by atoms with Gasteiger partial charge in [0.05, 0.1) is 5.56 Å². The number of thiophene rings is 1. The van der Waals surface area contributed by atoms with Crippen LogP contribution in [0.5, 0.6) is 0 Å². The average Bonchev–Trinajstić information content (AvgIpc) is 2.75. The highest BCUT2D eigenvalue weighted by atomic mass is 32.1. The van der Waals surface area contributed by atoms with Gasteiger partial charge in [-0.3, -0.25) is 9.59 Å². The zero-order chi connectivity index (χ0) is 14.7. The van der Waals surface area contributed by atoms with E-state index in [1.54, 1.807) is 11.3 Å². The van der Waals surface area contributed by atoms with Crippen LogP contribution in [0.25, 0.3) is 0 Å². The molecule has 1 aliphatic heterocycles. The molecule has 0 radical (unpaired) electrons. The van der Waals surface area contributed by atoms with Crippen molar-refractivity contribution in [3.05, 3.63) is 21.4 Å². The summed E-state index contributed by atoms with van der Waals surface area (Å²) in [6, 6.07) is 1.96. The van der Waals surface area contributed by atoms with Crippen molar-refractivity contribution < 1.29 is 14.7 Å². The third-order valence-corrected chi connectivity index (χ3v) is 4.81. The van der Waals surface area contributed by atoms with Crippen molar-refractivity contribution in [3.63, 3.8) is 0 Å². The second kappa shape index (κ2) is 6.39. The topological polar surface area (TPSA) is 57.6 Å². The Morgan fingerprint density at radius 1 is 1.45 bits per heavy atom. The Bertz CT molecular complexity index is 509. The number of nitrogens with zero attached hydrogens (tertiary/aromatic N) is 1. The van der Waals surface area contributed by atoms with E-state index in [9.17, 15) is 9.59 Å². The van der Waals surface area contributed by atoms with Crippen LogP contribution in [0, 0.1) is 19.8 Å². The maximum Gasteiger partial charge on any atom is 0.303 e. The lowest BCUT2D eigenvalue weighted by molar-refractivity contribution is -0.137. The molecule has 1 fully saturated rings. The van der Waals surface area contributed by atoms with E-state index in [0.29, 0.717) is 18.9 Å². The number of piperidine rings is 1. The molecule has 2 heterocycles. The summed E-state index contributed by atoms with van der Waals surface area (Å²) >= 11 is 1.65. The summed E-state index contributed by atoms with van der Waals surface area (Å²) < 4.78 is 0. The Labute approximate surface area is 123 Å². The van der Waals surface area contributed by atoms with Crippen LogP contribution < -0.4 is 0 Å². The summed E-state index contributed by atoms with van der Waals surface area (Å²) in [5.41, 5.74) is 0.811. The van der Waals surface area contributed by atoms with Gasteiger partial charge in [0, 0.05) is 29.3 Å². The van der Waals surface area contributed by atoms with E-state index in [1.807, 2.05) is 24.8 Å². The number of hydrogen-bond acceptors (Lipinski definition) is 3. The lowest BCUT2D eigenvalue weighted by atomic mass is 9.93. The largest absolute Gasteiger partial charge is 0.481 e. The molecule has 0 aliphatic carbocycles. The van der Waals surface area contributed by atoms with Gasteiger partial charge < -0.3 is 10.0 Å². The number of aliphatic carboxylic acids is 1. The number of amides is 1. The van der Waals surface area contributed by atoms with E-state index < -0.39 is 5.97 Å². The summed E-state index contributed by atoms with van der Waals surface area (Å²) in [7, 11) is 0. The first-order valence-electron chi connectivity index (χ1n) is 7.05. The maximum atomic E-state index is 12.5. The van der Waals surface area contributed by atoms with Crippen molar-refractivity contribution >= 4 is 23.2 Å². The highest BCUT2D eigenvalue weighted by Crippen LogP contribution is 2.26. The van der Waals surface area contributed by atoms with Gasteiger partial charge in [-0.1, -0.05) is 0 Å². The van der Waals surface area contributed by atoms with Crippen molar-refractivity contribution in [1.82, 2.24) is 4.90 Å². The summed E-state index contributed by atoms with van der Waals surface area (Å²) in [5, 5.41) is 8.76. The van der Waals surface area contributed by atoms with Gasteiger partial charge in [-0.25, -0.2) is 0 Å². The molecule has 1 amide bonds. The molecule has 0 aromatic carbocycles. The molecule has 1 aromatic heterocycles. The van der Waals surface area contributed by atoms with Gasteiger partial charge in [-0.15, -0.1) is 11.3 Å². The lowest BCUT2D eigenvalue weighted by Crippen LogP contribution is -2.40. The summed E-state index contributed by atoms with van der Waals surface area (Å²) in [6.45, 7) is 5.48. The first-order valence-corrected chi connectivity index (χ1v) is 7.87. The second-order valence-electron chi connectivity index (χ2n) is 5.52. The molecule has 5 heteroatoms. The van der Waals surface area contributed by atoms with Gasteiger partial charge in [0.15, 0.2) is 0 Å². The smallest absolute Gasteiger partial charge is 0.303 e. The molecule has 4 nitrogen and oxygen atoms in total. The molecule has 0 spiro atoms. The van der Waals surface area contributed by atoms with Gasteiger partial charge in [0.1, 0.15) is 0 Å². The van der Waals surface area contributed by atoms with E-state index in [-0.39, 0.29) is 12.3 Å². The van der Waals surface area contributed by atoms with Gasteiger partial charge in [-0.2, -0.15) is 0 Å². The molecule has 110 valence electrons. The monoisotopic (exact) mass is 295 g/mol. The molecular weight excluding hydrogens is 274 g/mol. The quantitative estimate of drug-likeness (QED) is 0.928. The average molecular weight is 295 g/mol. The molecule has 1 aromatic rings. The van der Waals surface area contributed by atoms with Crippen LogP contribution in [0.2, 0.25) is 0 Å². The Morgan fingerprint density at radius 3 is 2.80 bits per heavy atom. The molecule has 1 N–H and O–H groups in total. The normalized spacial score (nSPS) is 19.1. The Balaban J connectivity index is 1.99. The SMILES string of the molecule is Cc1cc(C(=O)N2CCC[C@H](CCC(=O)O)C2)c(C)s1. The second-order valence-corrected chi connectivity index (χ2v) is 6.98. The molecule has 20 heavy (non-hydrogen) atoms. The maximum absolute atomic E-state index is 12.5. The minimum absolute atomic E-state index is 0.104. The van der Waals surface area contributed by atoms with Crippen LogP contribution in [-0.4, -0.2) is 35.0 Å². The number of rotatable bonds is 4. The zero-order valence-electron chi connectivity index (χ0n) is 12.0. The number of carboxylic acid groups (broad SMARTS) is 1. The van der Waals surface area contributed by atoms with Crippen molar-refractivity contribution in [2.45, 2.75) is 39.5 Å². The van der Waals surface area contributed by atoms with Crippen molar-refractivity contribution in [1.29, 1.82) is 0 Å². The summed E-state index contributed by atoms with van der Waals surface area (Å²) in [6.07, 6.45) is 2.86. The van der Waals surface area contributed by atoms with Crippen LogP contribution in [-0.2, 0) is 4.79 Å². The first-order chi connectivity index (χ1) is 9.47. The van der Waals surface area contributed by atoms with Gasteiger partial charge in [-0.05, 0) is 45.1 Å². The number of carbonyl (C=O) groups excluding carboxylic acids is 1. The van der Waals surface area contributed by atoms with E-state index in [0.717, 1.165) is 34.7 Å². The predicted molar refractivity (Wildman–Crippen MR) is 79.3 cm³/mol. The molecular formula is C15H21NO3S. The number of carbonyl (C=O) groups is 2. The Kier molecular flexibility index (Phi) is 4.81. The van der Waals surface area contributed by atoms with Crippen LogP contribution in [0.15, 0.2) is 6.07 Å². The Hall–Kier alpha value is -1.36. The van der Waals surface area contributed by atoms with Crippen molar-refractivity contribution in [2.75, 3.05) is 13.1 Å². The van der Waals surface area contributed by atoms with Crippen molar-refractivity contribution in [2.24, 2.45) is 5.92 Å². The van der Waals surface area contributed by atoms with Gasteiger partial charge in [0.25, 0.3) is 5.91 Å². The highest BCUT2D eigenvalue weighted by molar-refractivity contribution is 7.12. The fraction of sp³-hybridized carbons (Fsp3) is 0.600. The fourth-order valence-electron chi connectivity index (χ4n) is 2.83. The standard InChI is InChI=1S/C15H21NO3S/c1-10-8-13(11(2)20-10)15(19)16-7-3-4-12(9-16)5-6-14(17)18/h8,12H,3-7,9H2,1-2H3,(H,17,18)/t12-/m1/s1. The van der Waals surface area contributed by atoms with Gasteiger partial charge >= 0.3 is 5.97 Å². The van der Waals surface area contributed by atoms with E-state index in [2.05, 4.69) is 0 Å². The van der Waals surface area contributed by atoms with E-state index in [4.69, 9.17) is 5.11 Å². The van der Waals surface area contributed by atoms with Crippen LogP contribution in [0.4, 0.5) is 0 Å². The van der Waals surface area contributed by atoms with Crippen LogP contribution in [0.3, 0.4) is 0 Å². The molecule has 2 rings (SSSR count). The molecule has 0 unspecified atom stereocenters.